The summed E-state index contributed by atoms with van der Waals surface area (Å²) in [6.45, 7) is 7.08. The number of fused-ring (bicyclic) bond motifs is 1. The van der Waals surface area contributed by atoms with Gasteiger partial charge < -0.3 is 14.2 Å². The molecule has 3 rings (SSSR count). The van der Waals surface area contributed by atoms with Gasteiger partial charge in [0.1, 0.15) is 23.9 Å². The predicted molar refractivity (Wildman–Crippen MR) is 103 cm³/mol. The van der Waals surface area contributed by atoms with Crippen molar-refractivity contribution in [1.29, 1.82) is 0 Å². The smallest absolute Gasteiger partial charge is 0.244 e. The Morgan fingerprint density at radius 1 is 1.07 bits per heavy atom. The van der Waals surface area contributed by atoms with Gasteiger partial charge in [-0.2, -0.15) is 0 Å². The van der Waals surface area contributed by atoms with Crippen LogP contribution in [-0.2, 0) is 15.4 Å². The molecule has 1 heterocycles. The van der Waals surface area contributed by atoms with Gasteiger partial charge in [-0.05, 0) is 42.3 Å². The van der Waals surface area contributed by atoms with Crippen LogP contribution < -0.4 is 18.9 Å². The maximum Gasteiger partial charge on any atom is 0.244 e. The molecule has 0 aliphatic carbocycles. The van der Waals surface area contributed by atoms with Gasteiger partial charge in [-0.3, -0.25) is 0 Å². The average molecular weight is 391 g/mol. The molecule has 2 aromatic rings. The molecule has 0 unspecified atom stereocenters. The van der Waals surface area contributed by atoms with Crippen LogP contribution in [0.3, 0.4) is 0 Å². The first-order chi connectivity index (χ1) is 12.7. The van der Waals surface area contributed by atoms with Crippen molar-refractivity contribution in [2.45, 2.75) is 31.1 Å². The number of nitrogens with one attached hydrogen (secondary N) is 1. The van der Waals surface area contributed by atoms with Crippen LogP contribution in [0.25, 0.3) is 0 Å². The molecular formula is C20H25NO5S. The van der Waals surface area contributed by atoms with Gasteiger partial charge in [-0.25, -0.2) is 13.1 Å². The molecule has 0 fully saturated rings. The Labute approximate surface area is 160 Å². The predicted octanol–water partition coefficient (Wildman–Crippen LogP) is 3.03. The van der Waals surface area contributed by atoms with Gasteiger partial charge in [0.25, 0.3) is 0 Å². The molecule has 146 valence electrons. The molecule has 0 atom stereocenters. The van der Waals surface area contributed by atoms with E-state index in [0.29, 0.717) is 30.5 Å². The Hall–Kier alpha value is -2.25. The molecule has 0 amide bonds. The second-order valence-electron chi connectivity index (χ2n) is 7.22. The van der Waals surface area contributed by atoms with Crippen molar-refractivity contribution >= 4 is 10.0 Å². The number of methoxy groups -OCH3 is 1. The van der Waals surface area contributed by atoms with Crippen LogP contribution in [-0.4, -0.2) is 35.3 Å². The molecule has 1 aliphatic heterocycles. The third-order valence-corrected chi connectivity index (χ3v) is 6.06. The number of aryl methyl sites for hydroxylation is 1. The fourth-order valence-corrected chi connectivity index (χ4v) is 4.38. The van der Waals surface area contributed by atoms with Crippen molar-refractivity contribution in [3.05, 3.63) is 47.5 Å². The molecule has 2 aromatic carbocycles. The van der Waals surface area contributed by atoms with E-state index >= 15 is 0 Å². The molecule has 1 N–H and O–H groups in total. The average Bonchev–Trinajstić information content (AvgIpc) is 2.66. The summed E-state index contributed by atoms with van der Waals surface area (Å²) in [7, 11) is -2.25. The minimum absolute atomic E-state index is 0.142. The first kappa shape index (κ1) is 19.5. The van der Waals surface area contributed by atoms with E-state index in [4.69, 9.17) is 14.2 Å². The zero-order chi connectivity index (χ0) is 19.7. The number of sulfonamides is 1. The summed E-state index contributed by atoms with van der Waals surface area (Å²) in [5.41, 5.74) is 1.37. The van der Waals surface area contributed by atoms with Gasteiger partial charge in [0, 0.05) is 12.0 Å². The molecule has 0 saturated carbocycles. The van der Waals surface area contributed by atoms with Crippen LogP contribution in [0, 0.1) is 6.92 Å². The van der Waals surface area contributed by atoms with E-state index < -0.39 is 15.4 Å². The van der Waals surface area contributed by atoms with Crippen LogP contribution in [0.15, 0.2) is 41.3 Å². The quantitative estimate of drug-likeness (QED) is 0.819. The third kappa shape index (κ3) is 4.20. The van der Waals surface area contributed by atoms with E-state index in [1.807, 2.05) is 45.0 Å². The second kappa shape index (κ2) is 7.40. The van der Waals surface area contributed by atoms with Crippen molar-refractivity contribution in [1.82, 2.24) is 4.72 Å². The van der Waals surface area contributed by atoms with E-state index in [9.17, 15) is 8.42 Å². The zero-order valence-corrected chi connectivity index (χ0v) is 16.9. The van der Waals surface area contributed by atoms with Gasteiger partial charge in [0.15, 0.2) is 11.5 Å². The first-order valence-corrected chi connectivity index (χ1v) is 10.3. The molecule has 1 aliphatic rings. The molecule has 0 radical (unpaired) electrons. The topological polar surface area (TPSA) is 73.9 Å². The first-order valence-electron chi connectivity index (χ1n) is 8.77. The van der Waals surface area contributed by atoms with E-state index in [2.05, 4.69) is 4.72 Å². The highest BCUT2D eigenvalue weighted by Gasteiger charge is 2.27. The molecule has 6 nitrogen and oxygen atoms in total. The van der Waals surface area contributed by atoms with Crippen molar-refractivity contribution in [2.24, 2.45) is 0 Å². The summed E-state index contributed by atoms with van der Waals surface area (Å²) in [6.07, 6.45) is 0. The van der Waals surface area contributed by atoms with Gasteiger partial charge >= 0.3 is 0 Å². The fourth-order valence-electron chi connectivity index (χ4n) is 2.91. The Balaban J connectivity index is 1.81. The minimum atomic E-state index is -3.72. The Morgan fingerprint density at radius 2 is 1.78 bits per heavy atom. The summed E-state index contributed by atoms with van der Waals surface area (Å²) >= 11 is 0. The Kier molecular flexibility index (Phi) is 5.35. The highest BCUT2D eigenvalue weighted by Crippen LogP contribution is 2.35. The molecule has 0 aromatic heterocycles. The van der Waals surface area contributed by atoms with E-state index in [1.54, 1.807) is 12.1 Å². The van der Waals surface area contributed by atoms with Crippen LogP contribution in [0.1, 0.15) is 25.0 Å². The summed E-state index contributed by atoms with van der Waals surface area (Å²) in [5, 5.41) is 0. The Morgan fingerprint density at radius 3 is 2.48 bits per heavy atom. The summed E-state index contributed by atoms with van der Waals surface area (Å²) in [4.78, 5) is 0.142. The third-order valence-electron chi connectivity index (χ3n) is 4.64. The van der Waals surface area contributed by atoms with Crippen LogP contribution in [0.2, 0.25) is 0 Å². The highest BCUT2D eigenvalue weighted by molar-refractivity contribution is 7.89. The standard InChI is InChI=1S/C20H25NO5S/c1-14-5-7-17(24-4)19(11-14)27(22,23)21-13-20(2,3)15-6-8-16-18(12-15)26-10-9-25-16/h5-8,11-12,21H,9-10,13H2,1-4H3. The lowest BCUT2D eigenvalue weighted by molar-refractivity contribution is 0.171. The lowest BCUT2D eigenvalue weighted by Gasteiger charge is -2.28. The second-order valence-corrected chi connectivity index (χ2v) is 8.96. The van der Waals surface area contributed by atoms with Crippen molar-refractivity contribution in [3.8, 4) is 17.2 Å². The zero-order valence-electron chi connectivity index (χ0n) is 16.0. The van der Waals surface area contributed by atoms with E-state index in [-0.39, 0.29) is 11.4 Å². The van der Waals surface area contributed by atoms with Gasteiger partial charge in [-0.15, -0.1) is 0 Å². The number of rotatable bonds is 6. The molecule has 0 saturated heterocycles. The fraction of sp³-hybridized carbons (Fsp3) is 0.400. The number of ether oxygens (including phenoxy) is 3. The SMILES string of the molecule is COc1ccc(C)cc1S(=O)(=O)NCC(C)(C)c1ccc2c(c1)OCCO2. The van der Waals surface area contributed by atoms with Crippen molar-refractivity contribution in [2.75, 3.05) is 26.9 Å². The summed E-state index contributed by atoms with van der Waals surface area (Å²) < 4.78 is 44.8. The molecule has 0 spiro atoms. The lowest BCUT2D eigenvalue weighted by Crippen LogP contribution is -2.37. The van der Waals surface area contributed by atoms with Crippen LogP contribution in [0.4, 0.5) is 0 Å². The molecule has 0 bridgehead atoms. The maximum atomic E-state index is 12.8. The largest absolute Gasteiger partial charge is 0.495 e. The molecular weight excluding hydrogens is 366 g/mol. The normalized spacial score (nSPS) is 14.1. The summed E-state index contributed by atoms with van der Waals surface area (Å²) in [5.74, 6) is 1.73. The number of hydrogen-bond acceptors (Lipinski definition) is 5. The van der Waals surface area contributed by atoms with Crippen molar-refractivity contribution < 1.29 is 22.6 Å². The number of benzene rings is 2. The van der Waals surface area contributed by atoms with Gasteiger partial charge in [0.2, 0.25) is 10.0 Å². The van der Waals surface area contributed by atoms with Gasteiger partial charge in [-0.1, -0.05) is 26.0 Å². The summed E-state index contributed by atoms with van der Waals surface area (Å²) in [6, 6.07) is 10.8. The number of hydrogen-bond donors (Lipinski definition) is 1. The maximum absolute atomic E-state index is 12.8. The highest BCUT2D eigenvalue weighted by atomic mass is 32.2. The van der Waals surface area contributed by atoms with E-state index in [0.717, 1.165) is 11.1 Å². The monoisotopic (exact) mass is 391 g/mol. The Bertz CT molecular complexity index is 937. The van der Waals surface area contributed by atoms with Crippen molar-refractivity contribution in [3.63, 3.8) is 0 Å². The molecule has 27 heavy (non-hydrogen) atoms. The van der Waals surface area contributed by atoms with Crippen LogP contribution >= 0.6 is 0 Å². The lowest BCUT2D eigenvalue weighted by atomic mass is 9.84. The van der Waals surface area contributed by atoms with Crippen LogP contribution in [0.5, 0.6) is 17.2 Å². The van der Waals surface area contributed by atoms with Gasteiger partial charge in [0.05, 0.1) is 7.11 Å². The minimum Gasteiger partial charge on any atom is -0.495 e. The van der Waals surface area contributed by atoms with E-state index in [1.165, 1.54) is 7.11 Å². The molecule has 7 heteroatoms.